The smallest absolute Gasteiger partial charge is 0.281 e. The topological polar surface area (TPSA) is 70.0 Å². The van der Waals surface area contributed by atoms with Gasteiger partial charge in [0.25, 0.3) is 5.91 Å². The van der Waals surface area contributed by atoms with Crippen LogP contribution in [0.3, 0.4) is 0 Å². The predicted octanol–water partition coefficient (Wildman–Crippen LogP) is 1.27. The number of hydrogen-bond donors (Lipinski definition) is 2. The van der Waals surface area contributed by atoms with Gasteiger partial charge in [0.15, 0.2) is 11.5 Å². The fourth-order valence-electron chi connectivity index (χ4n) is 1.60. The molecule has 0 saturated carbocycles. The van der Waals surface area contributed by atoms with E-state index in [1.54, 1.807) is 0 Å². The van der Waals surface area contributed by atoms with Gasteiger partial charge in [0.1, 0.15) is 0 Å². The van der Waals surface area contributed by atoms with Gasteiger partial charge in [-0.1, -0.05) is 6.07 Å². The van der Waals surface area contributed by atoms with Crippen molar-refractivity contribution in [2.24, 2.45) is 0 Å². The molecule has 0 unspecified atom stereocenters. The van der Waals surface area contributed by atoms with Crippen molar-refractivity contribution in [2.45, 2.75) is 12.8 Å². The third-order valence-corrected chi connectivity index (χ3v) is 2.47. The second-order valence-electron chi connectivity index (χ2n) is 3.62. The van der Waals surface area contributed by atoms with Gasteiger partial charge in [0, 0.05) is 6.54 Å². The Labute approximate surface area is 92.8 Å². The summed E-state index contributed by atoms with van der Waals surface area (Å²) in [4.78, 5) is 17.1. The number of amides is 1. The minimum Gasteiger partial charge on any atom is -0.504 e. The molecule has 0 radical (unpaired) electrons. The molecule has 86 valence electrons. The van der Waals surface area contributed by atoms with E-state index in [9.17, 15) is 15.0 Å². The summed E-state index contributed by atoms with van der Waals surface area (Å²) in [5.74, 6) is -1.13. The van der Waals surface area contributed by atoms with Gasteiger partial charge >= 0.3 is 0 Å². The molecular weight excluding hydrogens is 210 g/mol. The van der Waals surface area contributed by atoms with Crippen molar-refractivity contribution in [1.82, 2.24) is 5.06 Å². The van der Waals surface area contributed by atoms with Crippen molar-refractivity contribution < 1.29 is 19.8 Å². The van der Waals surface area contributed by atoms with Crippen LogP contribution in [-0.4, -0.2) is 34.3 Å². The van der Waals surface area contributed by atoms with Crippen LogP contribution in [0.25, 0.3) is 0 Å². The number of nitrogens with zero attached hydrogens (tertiary/aromatic N) is 1. The van der Waals surface area contributed by atoms with Gasteiger partial charge in [-0.3, -0.25) is 9.63 Å². The van der Waals surface area contributed by atoms with Gasteiger partial charge in [0.05, 0.1) is 12.2 Å². The Morgan fingerprint density at radius 3 is 2.81 bits per heavy atom. The number of phenols is 2. The monoisotopic (exact) mass is 223 g/mol. The number of hydroxylamine groups is 2. The van der Waals surface area contributed by atoms with E-state index in [0.29, 0.717) is 13.2 Å². The average Bonchev–Trinajstić information content (AvgIpc) is 2.33. The van der Waals surface area contributed by atoms with E-state index in [2.05, 4.69) is 0 Å². The maximum absolute atomic E-state index is 11.9. The van der Waals surface area contributed by atoms with Crippen molar-refractivity contribution in [3.05, 3.63) is 23.8 Å². The average molecular weight is 223 g/mol. The Bertz CT molecular complexity index is 399. The van der Waals surface area contributed by atoms with Crippen LogP contribution in [0, 0.1) is 0 Å². The van der Waals surface area contributed by atoms with E-state index in [0.717, 1.165) is 12.8 Å². The van der Waals surface area contributed by atoms with Gasteiger partial charge in [-0.25, -0.2) is 5.06 Å². The zero-order chi connectivity index (χ0) is 11.5. The zero-order valence-corrected chi connectivity index (χ0v) is 8.72. The highest BCUT2D eigenvalue weighted by Gasteiger charge is 2.22. The molecule has 0 spiro atoms. The fourth-order valence-corrected chi connectivity index (χ4v) is 1.60. The summed E-state index contributed by atoms with van der Waals surface area (Å²) in [6.45, 7) is 1.01. The number of aromatic hydroxyl groups is 2. The third kappa shape index (κ3) is 1.94. The molecule has 0 aliphatic carbocycles. The van der Waals surface area contributed by atoms with Crippen LogP contribution < -0.4 is 0 Å². The molecule has 1 fully saturated rings. The third-order valence-electron chi connectivity index (χ3n) is 2.47. The highest BCUT2D eigenvalue weighted by atomic mass is 16.7. The largest absolute Gasteiger partial charge is 0.504 e. The number of para-hydroxylation sites is 1. The molecule has 2 rings (SSSR count). The Hall–Kier alpha value is -1.75. The summed E-state index contributed by atoms with van der Waals surface area (Å²) < 4.78 is 0. The van der Waals surface area contributed by atoms with Gasteiger partial charge in [-0.05, 0) is 25.0 Å². The van der Waals surface area contributed by atoms with Gasteiger partial charge < -0.3 is 10.2 Å². The van der Waals surface area contributed by atoms with E-state index in [4.69, 9.17) is 4.84 Å². The molecule has 1 heterocycles. The summed E-state index contributed by atoms with van der Waals surface area (Å²) in [5, 5.41) is 20.1. The molecule has 0 bridgehead atoms. The van der Waals surface area contributed by atoms with Gasteiger partial charge in [-0.15, -0.1) is 0 Å². The molecule has 1 saturated heterocycles. The van der Waals surface area contributed by atoms with Crippen LogP contribution in [-0.2, 0) is 4.84 Å². The normalized spacial score (nSPS) is 16.1. The molecule has 5 heteroatoms. The number of carbonyl (C=O) groups excluding carboxylic acids is 1. The van der Waals surface area contributed by atoms with Crippen molar-refractivity contribution in [3.63, 3.8) is 0 Å². The molecule has 0 atom stereocenters. The molecule has 0 aromatic heterocycles. The summed E-state index contributed by atoms with van der Waals surface area (Å²) >= 11 is 0. The molecule has 5 nitrogen and oxygen atoms in total. The van der Waals surface area contributed by atoms with E-state index in [1.165, 1.54) is 23.3 Å². The lowest BCUT2D eigenvalue weighted by molar-refractivity contribution is -0.144. The van der Waals surface area contributed by atoms with Crippen LogP contribution in [0.15, 0.2) is 18.2 Å². The van der Waals surface area contributed by atoms with Crippen molar-refractivity contribution in [1.29, 1.82) is 0 Å². The molecule has 1 aromatic rings. The summed E-state index contributed by atoms with van der Waals surface area (Å²) in [5.41, 5.74) is 0.0573. The summed E-state index contributed by atoms with van der Waals surface area (Å²) in [7, 11) is 0. The molecule has 1 amide bonds. The second kappa shape index (κ2) is 4.40. The van der Waals surface area contributed by atoms with Crippen molar-refractivity contribution >= 4 is 5.91 Å². The lowest BCUT2D eigenvalue weighted by atomic mass is 10.1. The van der Waals surface area contributed by atoms with E-state index < -0.39 is 11.7 Å². The molecule has 2 N–H and O–H groups in total. The Morgan fingerprint density at radius 1 is 1.31 bits per heavy atom. The first kappa shape index (κ1) is 10.8. The standard InChI is InChI=1S/C11H13NO4/c13-9-5-3-4-8(10(9)14)11(15)12-6-1-2-7-16-12/h3-5,13-14H,1-2,6-7H2. The van der Waals surface area contributed by atoms with Gasteiger partial charge in [-0.2, -0.15) is 0 Å². The highest BCUT2D eigenvalue weighted by Crippen LogP contribution is 2.29. The lowest BCUT2D eigenvalue weighted by Gasteiger charge is -2.26. The minimum atomic E-state index is -0.423. The van der Waals surface area contributed by atoms with Crippen LogP contribution in [0.4, 0.5) is 0 Å². The Balaban J connectivity index is 2.22. The quantitative estimate of drug-likeness (QED) is 0.703. The second-order valence-corrected chi connectivity index (χ2v) is 3.62. The fraction of sp³-hybridized carbons (Fsp3) is 0.364. The first-order valence-electron chi connectivity index (χ1n) is 5.16. The number of phenolic OH excluding ortho intramolecular Hbond substituents is 2. The molecule has 1 aromatic carbocycles. The van der Waals surface area contributed by atoms with Crippen LogP contribution in [0.2, 0.25) is 0 Å². The number of carbonyl (C=O) groups is 1. The van der Waals surface area contributed by atoms with E-state index in [-0.39, 0.29) is 11.3 Å². The molecular formula is C11H13NO4. The number of rotatable bonds is 1. The van der Waals surface area contributed by atoms with Crippen LogP contribution in [0.1, 0.15) is 23.2 Å². The number of benzene rings is 1. The lowest BCUT2D eigenvalue weighted by Crippen LogP contribution is -2.35. The first-order valence-corrected chi connectivity index (χ1v) is 5.16. The van der Waals surface area contributed by atoms with Crippen LogP contribution >= 0.6 is 0 Å². The summed E-state index contributed by atoms with van der Waals surface area (Å²) in [6.07, 6.45) is 1.81. The van der Waals surface area contributed by atoms with E-state index in [1.807, 2.05) is 0 Å². The highest BCUT2D eigenvalue weighted by molar-refractivity contribution is 5.97. The maximum Gasteiger partial charge on any atom is 0.281 e. The predicted molar refractivity (Wildman–Crippen MR) is 56.0 cm³/mol. The van der Waals surface area contributed by atoms with Crippen molar-refractivity contribution in [3.8, 4) is 11.5 Å². The SMILES string of the molecule is O=C(c1cccc(O)c1O)N1CCCCO1. The number of hydrogen-bond acceptors (Lipinski definition) is 4. The molecule has 1 aliphatic rings. The zero-order valence-electron chi connectivity index (χ0n) is 8.72. The van der Waals surface area contributed by atoms with E-state index >= 15 is 0 Å². The Morgan fingerprint density at radius 2 is 2.12 bits per heavy atom. The Kier molecular flexibility index (Phi) is 2.96. The maximum atomic E-state index is 11.9. The summed E-state index contributed by atoms with van der Waals surface area (Å²) in [6, 6.07) is 4.28. The molecule has 16 heavy (non-hydrogen) atoms. The van der Waals surface area contributed by atoms with Gasteiger partial charge in [0.2, 0.25) is 0 Å². The molecule has 1 aliphatic heterocycles. The first-order chi connectivity index (χ1) is 7.70. The van der Waals surface area contributed by atoms with Crippen molar-refractivity contribution in [2.75, 3.05) is 13.2 Å². The van der Waals surface area contributed by atoms with Crippen LogP contribution in [0.5, 0.6) is 11.5 Å². The minimum absolute atomic E-state index is 0.0573.